The molecule has 0 saturated heterocycles. The second-order valence-electron chi connectivity index (χ2n) is 4.79. The summed E-state index contributed by atoms with van der Waals surface area (Å²) in [6.45, 7) is 5.46. The summed E-state index contributed by atoms with van der Waals surface area (Å²) in [7, 11) is 0. The molecule has 1 atom stereocenters. The third kappa shape index (κ3) is 3.66. The highest BCUT2D eigenvalue weighted by atomic mass is 16.6. The summed E-state index contributed by atoms with van der Waals surface area (Å²) in [4.78, 5) is 15.6. The first-order valence-electron chi connectivity index (χ1n) is 5.17. The molecule has 16 heavy (non-hydrogen) atoms. The van der Waals surface area contributed by atoms with Crippen molar-refractivity contribution in [2.24, 2.45) is 4.99 Å². The van der Waals surface area contributed by atoms with Gasteiger partial charge in [0.2, 0.25) is 0 Å². The molecule has 1 rings (SSSR count). The second kappa shape index (κ2) is 4.65. The first-order valence-corrected chi connectivity index (χ1v) is 5.17. The first kappa shape index (κ1) is 12.7. The number of ether oxygens (including phenoxy) is 1. The van der Waals surface area contributed by atoms with Crippen LogP contribution in [0.3, 0.4) is 0 Å². The van der Waals surface area contributed by atoms with Crippen LogP contribution in [0.4, 0.5) is 4.79 Å². The number of rotatable bonds is 2. The molecule has 1 unspecified atom stereocenters. The number of hydrogen-bond acceptors (Lipinski definition) is 4. The van der Waals surface area contributed by atoms with Gasteiger partial charge >= 0.3 is 6.09 Å². The number of allylic oxidation sites excluding steroid dienone is 1. The molecule has 5 heteroatoms. The number of carbonyl (C=O) groups excluding carboxylic acids is 1. The molecule has 0 radical (unpaired) electrons. The Kier molecular flexibility index (Phi) is 3.70. The van der Waals surface area contributed by atoms with Gasteiger partial charge in [0.05, 0.1) is 13.2 Å². The van der Waals surface area contributed by atoms with Gasteiger partial charge in [0.1, 0.15) is 11.1 Å². The lowest BCUT2D eigenvalue weighted by Crippen LogP contribution is -2.54. The van der Waals surface area contributed by atoms with E-state index in [1.165, 1.54) is 0 Å². The molecule has 0 aromatic rings. The molecule has 1 aliphatic rings. The zero-order valence-corrected chi connectivity index (χ0v) is 9.86. The van der Waals surface area contributed by atoms with Crippen LogP contribution in [0.1, 0.15) is 20.8 Å². The van der Waals surface area contributed by atoms with Crippen molar-refractivity contribution in [3.63, 3.8) is 0 Å². The van der Waals surface area contributed by atoms with Crippen LogP contribution in [-0.2, 0) is 4.74 Å². The average molecular weight is 226 g/mol. The van der Waals surface area contributed by atoms with E-state index < -0.39 is 17.2 Å². The number of carbonyl (C=O) groups is 1. The van der Waals surface area contributed by atoms with Crippen molar-refractivity contribution < 1.29 is 14.6 Å². The van der Waals surface area contributed by atoms with E-state index in [1.807, 2.05) is 0 Å². The van der Waals surface area contributed by atoms with Gasteiger partial charge in [-0.2, -0.15) is 0 Å². The molecule has 2 N–H and O–H groups in total. The van der Waals surface area contributed by atoms with Gasteiger partial charge < -0.3 is 15.2 Å². The van der Waals surface area contributed by atoms with Crippen LogP contribution < -0.4 is 5.32 Å². The van der Waals surface area contributed by atoms with Gasteiger partial charge in [0, 0.05) is 6.21 Å². The minimum atomic E-state index is -0.836. The number of aliphatic hydroxyl groups excluding tert-OH is 1. The number of hydrogen-bond donors (Lipinski definition) is 2. The van der Waals surface area contributed by atoms with Gasteiger partial charge in [-0.1, -0.05) is 6.08 Å². The van der Waals surface area contributed by atoms with Crippen LogP contribution in [0.15, 0.2) is 17.1 Å². The zero-order valence-electron chi connectivity index (χ0n) is 9.86. The summed E-state index contributed by atoms with van der Waals surface area (Å²) in [6.07, 6.45) is 4.48. The molecule has 1 amide bonds. The molecule has 0 bridgehead atoms. The van der Waals surface area contributed by atoms with Crippen LogP contribution in [0.2, 0.25) is 0 Å². The Bertz CT molecular complexity index is 318. The van der Waals surface area contributed by atoms with Gasteiger partial charge in [-0.3, -0.25) is 4.99 Å². The van der Waals surface area contributed by atoms with E-state index in [2.05, 4.69) is 10.3 Å². The predicted molar refractivity (Wildman–Crippen MR) is 61.7 cm³/mol. The number of nitrogens with one attached hydrogen (secondary N) is 1. The molecule has 5 nitrogen and oxygen atoms in total. The van der Waals surface area contributed by atoms with Gasteiger partial charge in [-0.15, -0.1) is 0 Å². The lowest BCUT2D eigenvalue weighted by atomic mass is 9.99. The van der Waals surface area contributed by atoms with E-state index >= 15 is 0 Å². The Morgan fingerprint density at radius 2 is 2.31 bits per heavy atom. The molecule has 0 aromatic carbocycles. The van der Waals surface area contributed by atoms with E-state index in [0.29, 0.717) is 6.54 Å². The van der Waals surface area contributed by atoms with Gasteiger partial charge in [0.15, 0.2) is 0 Å². The van der Waals surface area contributed by atoms with Gasteiger partial charge in [-0.05, 0) is 26.8 Å². The van der Waals surface area contributed by atoms with E-state index in [4.69, 9.17) is 4.74 Å². The number of aliphatic imine (C=N–C) groups is 1. The fourth-order valence-corrected chi connectivity index (χ4v) is 1.29. The summed E-state index contributed by atoms with van der Waals surface area (Å²) >= 11 is 0. The number of dihydropyridines is 1. The van der Waals surface area contributed by atoms with Crippen molar-refractivity contribution in [2.75, 3.05) is 13.2 Å². The van der Waals surface area contributed by atoms with Crippen molar-refractivity contribution in [3.05, 3.63) is 12.2 Å². The topological polar surface area (TPSA) is 70.9 Å². The Labute approximate surface area is 95.2 Å². The Balaban J connectivity index is 2.61. The highest BCUT2D eigenvalue weighted by Gasteiger charge is 2.31. The Morgan fingerprint density at radius 1 is 1.62 bits per heavy atom. The smallest absolute Gasteiger partial charge is 0.408 e. The minimum Gasteiger partial charge on any atom is -0.444 e. The van der Waals surface area contributed by atoms with Crippen molar-refractivity contribution in [1.29, 1.82) is 0 Å². The maximum Gasteiger partial charge on any atom is 0.408 e. The maximum absolute atomic E-state index is 11.6. The van der Waals surface area contributed by atoms with Crippen LogP contribution >= 0.6 is 0 Å². The molecular formula is C11H18N2O3. The normalized spacial score (nSPS) is 24.2. The lowest BCUT2D eigenvalue weighted by Gasteiger charge is -2.31. The van der Waals surface area contributed by atoms with Gasteiger partial charge in [-0.25, -0.2) is 4.79 Å². The number of nitrogens with zero attached hydrogens (tertiary/aromatic N) is 1. The fraction of sp³-hybridized carbons (Fsp3) is 0.636. The molecule has 90 valence electrons. The molecule has 0 fully saturated rings. The number of amides is 1. The summed E-state index contributed by atoms with van der Waals surface area (Å²) in [6, 6.07) is 0. The molecule has 1 aliphatic heterocycles. The second-order valence-corrected chi connectivity index (χ2v) is 4.79. The van der Waals surface area contributed by atoms with Crippen molar-refractivity contribution in [3.8, 4) is 0 Å². The molecule has 0 spiro atoms. The SMILES string of the molecule is CC(C)(C)OC(=O)NC1(CO)C=CC=NC1. The van der Waals surface area contributed by atoms with Crippen LogP contribution in [0, 0.1) is 0 Å². The Morgan fingerprint density at radius 3 is 2.75 bits per heavy atom. The molecule has 0 aliphatic carbocycles. The molecule has 1 heterocycles. The first-order chi connectivity index (χ1) is 7.37. The number of aliphatic hydroxyl groups is 1. The Hall–Kier alpha value is -1.36. The largest absolute Gasteiger partial charge is 0.444 e. The van der Waals surface area contributed by atoms with E-state index in [0.717, 1.165) is 0 Å². The molecule has 0 saturated carbocycles. The van der Waals surface area contributed by atoms with Crippen LogP contribution in [0.25, 0.3) is 0 Å². The van der Waals surface area contributed by atoms with Crippen molar-refractivity contribution in [1.82, 2.24) is 5.32 Å². The summed E-state index contributed by atoms with van der Waals surface area (Å²) < 4.78 is 5.12. The highest BCUT2D eigenvalue weighted by Crippen LogP contribution is 2.13. The zero-order chi connectivity index (χ0) is 12.2. The van der Waals surface area contributed by atoms with E-state index in [1.54, 1.807) is 39.1 Å². The molecular weight excluding hydrogens is 208 g/mol. The van der Waals surface area contributed by atoms with E-state index in [9.17, 15) is 9.90 Å². The average Bonchev–Trinajstić information content (AvgIpc) is 2.16. The van der Waals surface area contributed by atoms with Crippen molar-refractivity contribution in [2.45, 2.75) is 31.9 Å². The van der Waals surface area contributed by atoms with Crippen LogP contribution in [0.5, 0.6) is 0 Å². The van der Waals surface area contributed by atoms with Crippen molar-refractivity contribution >= 4 is 12.3 Å². The monoisotopic (exact) mass is 226 g/mol. The highest BCUT2D eigenvalue weighted by molar-refractivity contribution is 5.75. The fourth-order valence-electron chi connectivity index (χ4n) is 1.29. The number of alkyl carbamates (subject to hydrolysis) is 1. The minimum absolute atomic E-state index is 0.208. The summed E-state index contributed by atoms with van der Waals surface area (Å²) in [5.41, 5.74) is -1.39. The standard InChI is InChI=1S/C11H18N2O3/c1-10(2,3)16-9(15)13-11(8-14)5-4-6-12-7-11/h4-6,14H,7-8H2,1-3H3,(H,13,15). The quantitative estimate of drug-likeness (QED) is 0.734. The third-order valence-corrected chi connectivity index (χ3v) is 2.01. The summed E-state index contributed by atoms with van der Waals surface area (Å²) in [5, 5.41) is 11.9. The third-order valence-electron chi connectivity index (χ3n) is 2.01. The predicted octanol–water partition coefficient (Wildman–Crippen LogP) is 0.883. The maximum atomic E-state index is 11.6. The lowest BCUT2D eigenvalue weighted by molar-refractivity contribution is 0.0444. The summed E-state index contributed by atoms with van der Waals surface area (Å²) in [5.74, 6) is 0. The van der Waals surface area contributed by atoms with E-state index in [-0.39, 0.29) is 6.61 Å². The molecule has 0 aromatic heterocycles. The van der Waals surface area contributed by atoms with Gasteiger partial charge in [0.25, 0.3) is 0 Å². The van der Waals surface area contributed by atoms with Crippen LogP contribution in [-0.4, -0.2) is 41.7 Å².